The highest BCUT2D eigenvalue weighted by Crippen LogP contribution is 2.27. The van der Waals surface area contributed by atoms with Gasteiger partial charge in [-0.25, -0.2) is 0 Å². The highest BCUT2D eigenvalue weighted by Gasteiger charge is 2.04. The van der Waals surface area contributed by atoms with E-state index in [0.29, 0.717) is 23.5 Å². The van der Waals surface area contributed by atoms with Crippen molar-refractivity contribution < 1.29 is 14.6 Å². The highest BCUT2D eigenvalue weighted by atomic mass is 35.5. The molecule has 0 aliphatic carbocycles. The Hall–Kier alpha value is -2.00. The summed E-state index contributed by atoms with van der Waals surface area (Å²) in [7, 11) is 0. The summed E-state index contributed by atoms with van der Waals surface area (Å²) in [5.74, 6) is 0.295. The summed E-state index contributed by atoms with van der Waals surface area (Å²) in [6.45, 7) is 0.299. The van der Waals surface area contributed by atoms with Crippen LogP contribution in [0.2, 0.25) is 5.02 Å². The molecule has 0 spiro atoms. The van der Waals surface area contributed by atoms with Crippen molar-refractivity contribution in [1.29, 1.82) is 0 Å². The molecule has 0 aliphatic heterocycles. The summed E-state index contributed by atoms with van der Waals surface area (Å²) in [5, 5.41) is 10.2. The number of phenols is 1. The average molecular weight is 263 g/mol. The zero-order chi connectivity index (χ0) is 13.0. The molecule has 2 aromatic carbocycles. The van der Waals surface area contributed by atoms with E-state index in [1.807, 2.05) is 12.1 Å². The molecule has 18 heavy (non-hydrogen) atoms. The van der Waals surface area contributed by atoms with E-state index < -0.39 is 0 Å². The van der Waals surface area contributed by atoms with Gasteiger partial charge in [0.25, 0.3) is 0 Å². The van der Waals surface area contributed by atoms with E-state index in [2.05, 4.69) is 0 Å². The third-order valence-corrected chi connectivity index (χ3v) is 2.68. The molecule has 0 unspecified atom stereocenters. The maximum Gasteiger partial charge on any atom is 0.162 e. The Bertz CT molecular complexity index is 549. The van der Waals surface area contributed by atoms with Crippen LogP contribution in [0.4, 0.5) is 0 Å². The van der Waals surface area contributed by atoms with Crippen molar-refractivity contribution in [2.24, 2.45) is 0 Å². The van der Waals surface area contributed by atoms with Gasteiger partial charge in [0.05, 0.1) is 0 Å². The molecular formula is C14H11ClO3. The van der Waals surface area contributed by atoms with Crippen LogP contribution in [0.15, 0.2) is 42.5 Å². The van der Waals surface area contributed by atoms with Crippen LogP contribution in [-0.2, 0) is 6.61 Å². The number of phenolic OH excluding ortho intramolecular Hbond substituents is 1. The van der Waals surface area contributed by atoms with E-state index in [0.717, 1.165) is 5.56 Å². The SMILES string of the molecule is O=Cc1ccc(O)c(OCc2ccc(Cl)cc2)c1. The molecule has 92 valence electrons. The molecule has 1 N–H and O–H groups in total. The van der Waals surface area contributed by atoms with Gasteiger partial charge >= 0.3 is 0 Å². The first-order chi connectivity index (χ1) is 8.69. The number of ether oxygens (including phenoxy) is 1. The van der Waals surface area contributed by atoms with Crippen LogP contribution in [0.25, 0.3) is 0 Å². The molecule has 0 saturated heterocycles. The van der Waals surface area contributed by atoms with Gasteiger partial charge in [-0.3, -0.25) is 4.79 Å². The maximum atomic E-state index is 10.6. The van der Waals surface area contributed by atoms with E-state index in [1.54, 1.807) is 12.1 Å². The fourth-order valence-electron chi connectivity index (χ4n) is 1.46. The van der Waals surface area contributed by atoms with Crippen molar-refractivity contribution in [1.82, 2.24) is 0 Å². The predicted octanol–water partition coefficient (Wildman–Crippen LogP) is 3.44. The van der Waals surface area contributed by atoms with Crippen LogP contribution in [0, 0.1) is 0 Å². The van der Waals surface area contributed by atoms with Crippen LogP contribution >= 0.6 is 11.6 Å². The first kappa shape index (κ1) is 12.5. The topological polar surface area (TPSA) is 46.5 Å². The van der Waals surface area contributed by atoms with Gasteiger partial charge in [0.2, 0.25) is 0 Å². The molecule has 0 bridgehead atoms. The lowest BCUT2D eigenvalue weighted by molar-refractivity contribution is 0.112. The van der Waals surface area contributed by atoms with Crippen molar-refractivity contribution >= 4 is 17.9 Å². The van der Waals surface area contributed by atoms with Crippen molar-refractivity contribution in [3.05, 3.63) is 58.6 Å². The molecular weight excluding hydrogens is 252 g/mol. The monoisotopic (exact) mass is 262 g/mol. The fraction of sp³-hybridized carbons (Fsp3) is 0.0714. The number of hydrogen-bond acceptors (Lipinski definition) is 3. The summed E-state index contributed by atoms with van der Waals surface area (Å²) >= 11 is 5.77. The maximum absolute atomic E-state index is 10.6. The normalized spacial score (nSPS) is 10.1. The lowest BCUT2D eigenvalue weighted by Gasteiger charge is -2.08. The summed E-state index contributed by atoms with van der Waals surface area (Å²) in [5.41, 5.74) is 1.38. The van der Waals surface area contributed by atoms with E-state index in [1.165, 1.54) is 18.2 Å². The number of aldehydes is 1. The lowest BCUT2D eigenvalue weighted by Crippen LogP contribution is -1.96. The van der Waals surface area contributed by atoms with Crippen molar-refractivity contribution in [2.45, 2.75) is 6.61 Å². The molecule has 0 amide bonds. The van der Waals surface area contributed by atoms with Crippen LogP contribution in [0.5, 0.6) is 11.5 Å². The first-order valence-electron chi connectivity index (χ1n) is 5.34. The Labute approximate surface area is 110 Å². The number of carbonyl (C=O) groups excluding carboxylic acids is 1. The molecule has 0 radical (unpaired) electrons. The second-order valence-electron chi connectivity index (χ2n) is 3.76. The molecule has 4 heteroatoms. The average Bonchev–Trinajstić information content (AvgIpc) is 2.40. The number of hydrogen-bond donors (Lipinski definition) is 1. The van der Waals surface area contributed by atoms with Gasteiger partial charge in [-0.2, -0.15) is 0 Å². The van der Waals surface area contributed by atoms with Crippen LogP contribution < -0.4 is 4.74 Å². The molecule has 0 fully saturated rings. The van der Waals surface area contributed by atoms with E-state index in [-0.39, 0.29) is 11.5 Å². The molecule has 2 rings (SSSR count). The molecule has 0 atom stereocenters. The molecule has 3 nitrogen and oxygen atoms in total. The third kappa shape index (κ3) is 3.02. The third-order valence-electron chi connectivity index (χ3n) is 2.43. The standard InChI is InChI=1S/C14H11ClO3/c15-12-4-1-10(2-5-12)9-18-14-7-11(8-16)3-6-13(14)17/h1-8,17H,9H2. The second-order valence-corrected chi connectivity index (χ2v) is 4.20. The number of carbonyl (C=O) groups is 1. The molecule has 2 aromatic rings. The summed E-state index contributed by atoms with van der Waals surface area (Å²) in [4.78, 5) is 10.6. The number of benzene rings is 2. The summed E-state index contributed by atoms with van der Waals surface area (Å²) in [6, 6.07) is 11.7. The van der Waals surface area contributed by atoms with Gasteiger partial charge in [0.15, 0.2) is 11.5 Å². The van der Waals surface area contributed by atoms with Crippen LogP contribution in [-0.4, -0.2) is 11.4 Å². The molecule has 0 heterocycles. The Morgan fingerprint density at radius 1 is 1.17 bits per heavy atom. The van der Waals surface area contributed by atoms with E-state index in [9.17, 15) is 9.90 Å². The second kappa shape index (κ2) is 5.56. The minimum Gasteiger partial charge on any atom is -0.504 e. The van der Waals surface area contributed by atoms with Crippen molar-refractivity contribution in [3.8, 4) is 11.5 Å². The zero-order valence-corrected chi connectivity index (χ0v) is 10.2. The number of rotatable bonds is 4. The van der Waals surface area contributed by atoms with E-state index in [4.69, 9.17) is 16.3 Å². The first-order valence-corrected chi connectivity index (χ1v) is 5.72. The molecule has 0 aliphatic rings. The van der Waals surface area contributed by atoms with Crippen LogP contribution in [0.1, 0.15) is 15.9 Å². The lowest BCUT2D eigenvalue weighted by atomic mass is 10.2. The van der Waals surface area contributed by atoms with E-state index >= 15 is 0 Å². The van der Waals surface area contributed by atoms with Gasteiger partial charge < -0.3 is 9.84 Å². The predicted molar refractivity (Wildman–Crippen MR) is 69.3 cm³/mol. The van der Waals surface area contributed by atoms with Gasteiger partial charge in [0, 0.05) is 10.6 Å². The minimum atomic E-state index is 0.00886. The Kier molecular flexibility index (Phi) is 3.85. The highest BCUT2D eigenvalue weighted by molar-refractivity contribution is 6.30. The van der Waals surface area contributed by atoms with Gasteiger partial charge in [-0.05, 0) is 35.9 Å². The quantitative estimate of drug-likeness (QED) is 0.859. The molecule has 0 aromatic heterocycles. The van der Waals surface area contributed by atoms with Crippen LogP contribution in [0.3, 0.4) is 0 Å². The Morgan fingerprint density at radius 3 is 2.56 bits per heavy atom. The largest absolute Gasteiger partial charge is 0.504 e. The minimum absolute atomic E-state index is 0.00886. The number of halogens is 1. The fourth-order valence-corrected chi connectivity index (χ4v) is 1.59. The Morgan fingerprint density at radius 2 is 1.89 bits per heavy atom. The van der Waals surface area contributed by atoms with Gasteiger partial charge in [-0.1, -0.05) is 23.7 Å². The summed E-state index contributed by atoms with van der Waals surface area (Å²) < 4.78 is 5.45. The Balaban J connectivity index is 2.10. The number of aromatic hydroxyl groups is 1. The zero-order valence-electron chi connectivity index (χ0n) is 9.47. The smallest absolute Gasteiger partial charge is 0.162 e. The molecule has 0 saturated carbocycles. The van der Waals surface area contributed by atoms with Crippen molar-refractivity contribution in [3.63, 3.8) is 0 Å². The summed E-state index contributed by atoms with van der Waals surface area (Å²) in [6.07, 6.45) is 0.703. The van der Waals surface area contributed by atoms with Gasteiger partial charge in [-0.15, -0.1) is 0 Å². The van der Waals surface area contributed by atoms with Crippen molar-refractivity contribution in [2.75, 3.05) is 0 Å². The van der Waals surface area contributed by atoms with Gasteiger partial charge in [0.1, 0.15) is 12.9 Å².